The third-order valence-corrected chi connectivity index (χ3v) is 5.41. The second kappa shape index (κ2) is 6.27. The second-order valence-electron chi connectivity index (χ2n) is 7.18. The topological polar surface area (TPSA) is 64.4 Å². The molecule has 1 aliphatic carbocycles. The van der Waals surface area contributed by atoms with Crippen LogP contribution in [-0.2, 0) is 11.3 Å². The van der Waals surface area contributed by atoms with E-state index >= 15 is 0 Å². The molecule has 1 fully saturated rings. The van der Waals surface area contributed by atoms with Crippen LogP contribution in [0.3, 0.4) is 0 Å². The number of imidazole rings is 1. The summed E-state index contributed by atoms with van der Waals surface area (Å²) in [5.41, 5.74) is 3.96. The maximum absolute atomic E-state index is 12.9. The molecule has 0 radical (unpaired) electrons. The van der Waals surface area contributed by atoms with E-state index < -0.39 is 5.97 Å². The molecule has 0 N–H and O–H groups in total. The summed E-state index contributed by atoms with van der Waals surface area (Å²) < 4.78 is 6.83. The quantitative estimate of drug-likeness (QED) is 0.775. The van der Waals surface area contributed by atoms with Crippen LogP contribution in [0.4, 0.5) is 0 Å². The number of nitrogens with zero attached hydrogens (tertiary/aromatic N) is 3. The van der Waals surface area contributed by atoms with Crippen molar-refractivity contribution in [1.29, 1.82) is 0 Å². The number of carbonyl (C=O) groups excluding carboxylic acids is 2. The molecule has 1 aromatic carbocycles. The Morgan fingerprint density at radius 1 is 1.38 bits per heavy atom. The van der Waals surface area contributed by atoms with Gasteiger partial charge in [-0.2, -0.15) is 0 Å². The van der Waals surface area contributed by atoms with Gasteiger partial charge in [-0.05, 0) is 62.8 Å². The Hall–Kier alpha value is -2.63. The van der Waals surface area contributed by atoms with Gasteiger partial charge in [0.25, 0.3) is 5.91 Å². The number of amides is 1. The minimum Gasteiger partial charge on any atom is -0.461 e. The van der Waals surface area contributed by atoms with Crippen molar-refractivity contribution in [3.05, 3.63) is 47.0 Å². The molecular formula is C20H23N3O3. The van der Waals surface area contributed by atoms with Crippen molar-refractivity contribution in [1.82, 2.24) is 14.5 Å². The third-order valence-electron chi connectivity index (χ3n) is 5.41. The fourth-order valence-electron chi connectivity index (χ4n) is 3.83. The van der Waals surface area contributed by atoms with Crippen molar-refractivity contribution < 1.29 is 14.3 Å². The molecule has 26 heavy (non-hydrogen) atoms. The molecule has 0 saturated heterocycles. The lowest BCUT2D eigenvalue weighted by atomic mass is 10.0. The molecule has 1 saturated carbocycles. The summed E-state index contributed by atoms with van der Waals surface area (Å²) in [4.78, 5) is 31.1. The summed E-state index contributed by atoms with van der Waals surface area (Å²) in [6, 6.07) is 4.21. The third kappa shape index (κ3) is 2.69. The summed E-state index contributed by atoms with van der Waals surface area (Å²) in [7, 11) is 0. The van der Waals surface area contributed by atoms with Crippen molar-refractivity contribution >= 4 is 11.9 Å². The lowest BCUT2D eigenvalue weighted by Crippen LogP contribution is -2.34. The summed E-state index contributed by atoms with van der Waals surface area (Å²) in [6.07, 6.45) is 5.54. The molecule has 1 amide bonds. The zero-order valence-corrected chi connectivity index (χ0v) is 15.4. The molecule has 0 unspecified atom stereocenters. The minimum atomic E-state index is -0.400. The lowest BCUT2D eigenvalue weighted by Gasteiger charge is -2.24. The first-order chi connectivity index (χ1) is 12.5. The highest BCUT2D eigenvalue weighted by molar-refractivity contribution is 6.00. The van der Waals surface area contributed by atoms with E-state index in [4.69, 9.17) is 4.74 Å². The van der Waals surface area contributed by atoms with Gasteiger partial charge in [0.1, 0.15) is 0 Å². The zero-order chi connectivity index (χ0) is 18.4. The molecular weight excluding hydrogens is 330 g/mol. The Kier molecular flexibility index (Phi) is 4.05. The van der Waals surface area contributed by atoms with Gasteiger partial charge in [-0.1, -0.05) is 0 Å². The number of fused-ring (bicyclic) bond motifs is 1. The number of hydrogen-bond donors (Lipinski definition) is 0. The Morgan fingerprint density at radius 2 is 2.15 bits per heavy atom. The molecule has 6 heteroatoms. The summed E-state index contributed by atoms with van der Waals surface area (Å²) in [5.74, 6) is 0.361. The maximum Gasteiger partial charge on any atom is 0.356 e. The number of rotatable bonds is 5. The SMILES string of the molecule is CCOC(=O)c1cncn1-c1cc(C)c2c(c1)CN([C@@H](C)C1CC1)C2=O. The average Bonchev–Trinajstić information content (AvgIpc) is 3.24. The zero-order valence-electron chi connectivity index (χ0n) is 15.4. The molecule has 2 aliphatic rings. The fourth-order valence-corrected chi connectivity index (χ4v) is 3.83. The number of ether oxygens (including phenoxy) is 1. The normalized spacial score (nSPS) is 17.3. The van der Waals surface area contributed by atoms with Gasteiger partial charge in [0.15, 0.2) is 5.69 Å². The van der Waals surface area contributed by atoms with Crippen LogP contribution in [0, 0.1) is 12.8 Å². The van der Waals surface area contributed by atoms with Gasteiger partial charge in [0.05, 0.1) is 19.1 Å². The van der Waals surface area contributed by atoms with E-state index in [1.165, 1.54) is 19.0 Å². The van der Waals surface area contributed by atoms with Crippen LogP contribution in [0.1, 0.15) is 58.7 Å². The molecule has 136 valence electrons. The van der Waals surface area contributed by atoms with Crippen molar-refractivity contribution in [2.75, 3.05) is 6.61 Å². The van der Waals surface area contributed by atoms with Crippen molar-refractivity contribution in [2.45, 2.75) is 46.2 Å². The Balaban J connectivity index is 1.70. The molecule has 2 heterocycles. The molecule has 6 nitrogen and oxygen atoms in total. The van der Waals surface area contributed by atoms with E-state index in [0.29, 0.717) is 24.8 Å². The molecule has 1 atom stereocenters. The van der Waals surface area contributed by atoms with Crippen LogP contribution in [0.5, 0.6) is 0 Å². The van der Waals surface area contributed by atoms with E-state index in [0.717, 1.165) is 22.4 Å². The monoisotopic (exact) mass is 353 g/mol. The molecule has 0 bridgehead atoms. The molecule has 1 aliphatic heterocycles. The summed E-state index contributed by atoms with van der Waals surface area (Å²) in [6.45, 7) is 6.82. The lowest BCUT2D eigenvalue weighted by molar-refractivity contribution is 0.0516. The number of esters is 1. The summed E-state index contributed by atoms with van der Waals surface area (Å²) >= 11 is 0. The summed E-state index contributed by atoms with van der Waals surface area (Å²) in [5, 5.41) is 0. The predicted molar refractivity (Wildman–Crippen MR) is 96.3 cm³/mol. The average molecular weight is 353 g/mol. The number of carbonyl (C=O) groups is 2. The van der Waals surface area contributed by atoms with E-state index in [9.17, 15) is 9.59 Å². The second-order valence-corrected chi connectivity index (χ2v) is 7.18. The Bertz CT molecular complexity index is 882. The molecule has 2 aromatic rings. The van der Waals surface area contributed by atoms with Crippen molar-refractivity contribution in [2.24, 2.45) is 5.92 Å². The van der Waals surface area contributed by atoms with Crippen LogP contribution < -0.4 is 0 Å². The first-order valence-corrected chi connectivity index (χ1v) is 9.15. The number of aromatic nitrogens is 2. The van der Waals surface area contributed by atoms with E-state index in [1.807, 2.05) is 24.0 Å². The van der Waals surface area contributed by atoms with E-state index in [2.05, 4.69) is 11.9 Å². The smallest absolute Gasteiger partial charge is 0.356 e. The van der Waals surface area contributed by atoms with Gasteiger partial charge in [0, 0.05) is 23.8 Å². The van der Waals surface area contributed by atoms with Crippen LogP contribution in [0.25, 0.3) is 5.69 Å². The standard InChI is InChI=1S/C20H23N3O3/c1-4-26-20(25)17-9-21-11-23(17)16-7-12(2)18-15(8-16)10-22(19(18)24)13(3)14-5-6-14/h7-9,11,13-14H,4-6,10H2,1-3H3/t13-/m0/s1. The highest BCUT2D eigenvalue weighted by Crippen LogP contribution is 2.39. The molecule has 0 spiro atoms. The van der Waals surface area contributed by atoms with Gasteiger partial charge >= 0.3 is 5.97 Å². The predicted octanol–water partition coefficient (Wildman–Crippen LogP) is 3.11. The van der Waals surface area contributed by atoms with Crippen molar-refractivity contribution in [3.8, 4) is 5.69 Å². The van der Waals surface area contributed by atoms with E-state index in [-0.39, 0.29) is 11.9 Å². The van der Waals surface area contributed by atoms with Gasteiger partial charge in [-0.3, -0.25) is 9.36 Å². The van der Waals surface area contributed by atoms with Gasteiger partial charge in [-0.25, -0.2) is 9.78 Å². The number of aryl methyl sites for hydroxylation is 1. The highest BCUT2D eigenvalue weighted by Gasteiger charge is 2.39. The first-order valence-electron chi connectivity index (χ1n) is 9.15. The van der Waals surface area contributed by atoms with Crippen molar-refractivity contribution in [3.63, 3.8) is 0 Å². The Morgan fingerprint density at radius 3 is 2.85 bits per heavy atom. The maximum atomic E-state index is 12.9. The first kappa shape index (κ1) is 16.8. The van der Waals surface area contributed by atoms with Gasteiger partial charge < -0.3 is 9.64 Å². The van der Waals surface area contributed by atoms with Gasteiger partial charge in [0.2, 0.25) is 0 Å². The minimum absolute atomic E-state index is 0.125. The Labute approximate surface area is 152 Å². The molecule has 1 aromatic heterocycles. The largest absolute Gasteiger partial charge is 0.461 e. The highest BCUT2D eigenvalue weighted by atomic mass is 16.5. The van der Waals surface area contributed by atoms with Crippen LogP contribution >= 0.6 is 0 Å². The number of hydrogen-bond acceptors (Lipinski definition) is 4. The number of benzene rings is 1. The van der Waals surface area contributed by atoms with E-state index in [1.54, 1.807) is 17.8 Å². The van der Waals surface area contributed by atoms with Crippen LogP contribution in [-0.4, -0.2) is 39.0 Å². The van der Waals surface area contributed by atoms with Crippen LogP contribution in [0.15, 0.2) is 24.7 Å². The van der Waals surface area contributed by atoms with Gasteiger partial charge in [-0.15, -0.1) is 0 Å². The molecule has 4 rings (SSSR count). The fraction of sp³-hybridized carbons (Fsp3) is 0.450. The van der Waals surface area contributed by atoms with Crippen LogP contribution in [0.2, 0.25) is 0 Å².